The van der Waals surface area contributed by atoms with E-state index in [4.69, 9.17) is 5.73 Å². The van der Waals surface area contributed by atoms with Crippen LogP contribution in [0.15, 0.2) is 30.5 Å². The van der Waals surface area contributed by atoms with E-state index in [9.17, 15) is 22.4 Å². The van der Waals surface area contributed by atoms with E-state index in [0.717, 1.165) is 6.20 Å². The number of primary amides is 1. The zero-order chi connectivity index (χ0) is 19.8. The Hall–Kier alpha value is -2.42. The Labute approximate surface area is 153 Å². The summed E-state index contributed by atoms with van der Waals surface area (Å²) in [5, 5.41) is 0. The fourth-order valence-corrected chi connectivity index (χ4v) is 3.59. The number of aryl methyl sites for hydroxylation is 1. The molecule has 1 aliphatic rings. The number of carbonyl (C=O) groups excluding carboxylic acids is 1. The summed E-state index contributed by atoms with van der Waals surface area (Å²) >= 11 is 0. The third-order valence-corrected chi connectivity index (χ3v) is 4.82. The van der Waals surface area contributed by atoms with E-state index < -0.39 is 29.6 Å². The lowest BCUT2D eigenvalue weighted by atomic mass is 9.97. The third-order valence-electron chi connectivity index (χ3n) is 4.82. The molecule has 146 valence electrons. The number of fused-ring (bicyclic) bond motifs is 1. The van der Waals surface area contributed by atoms with Gasteiger partial charge in [-0.1, -0.05) is 12.1 Å². The van der Waals surface area contributed by atoms with E-state index in [1.54, 1.807) is 11.9 Å². The lowest BCUT2D eigenvalue weighted by Crippen LogP contribution is -2.39. The van der Waals surface area contributed by atoms with Crippen LogP contribution in [0.4, 0.5) is 17.6 Å². The van der Waals surface area contributed by atoms with Crippen LogP contribution in [0, 0.1) is 11.7 Å². The van der Waals surface area contributed by atoms with Crippen LogP contribution in [0.1, 0.15) is 29.5 Å². The smallest absolute Gasteiger partial charge is 0.368 e. The van der Waals surface area contributed by atoms with Gasteiger partial charge in [0.05, 0.1) is 0 Å². The number of alkyl halides is 3. The molecule has 2 heterocycles. The van der Waals surface area contributed by atoms with Gasteiger partial charge in [0.1, 0.15) is 17.7 Å². The van der Waals surface area contributed by atoms with Gasteiger partial charge in [0.15, 0.2) is 5.69 Å². The Morgan fingerprint density at radius 1 is 1.37 bits per heavy atom. The van der Waals surface area contributed by atoms with Crippen molar-refractivity contribution in [2.45, 2.75) is 31.6 Å². The summed E-state index contributed by atoms with van der Waals surface area (Å²) in [5.74, 6) is -0.515. The Morgan fingerprint density at radius 3 is 2.63 bits per heavy atom. The molecule has 0 unspecified atom stereocenters. The van der Waals surface area contributed by atoms with Gasteiger partial charge in [-0.25, -0.2) is 9.37 Å². The zero-order valence-electron chi connectivity index (χ0n) is 14.7. The highest BCUT2D eigenvalue weighted by Crippen LogP contribution is 2.31. The summed E-state index contributed by atoms with van der Waals surface area (Å²) in [6, 6.07) is 4.80. The second kappa shape index (κ2) is 7.30. The SMILES string of the molecule is CN(C[C@H]1CCc2nc(C(F)(F)F)cn2C1)[C@H](C(N)=O)c1ccc(F)cc1. The number of amides is 1. The molecule has 0 aliphatic carbocycles. The van der Waals surface area contributed by atoms with E-state index in [2.05, 4.69) is 4.98 Å². The highest BCUT2D eigenvalue weighted by Gasteiger charge is 2.36. The van der Waals surface area contributed by atoms with Crippen LogP contribution >= 0.6 is 0 Å². The van der Waals surface area contributed by atoms with E-state index in [-0.39, 0.29) is 5.92 Å². The lowest BCUT2D eigenvalue weighted by molar-refractivity contribution is -0.141. The molecule has 0 radical (unpaired) electrons. The van der Waals surface area contributed by atoms with E-state index in [1.165, 1.54) is 28.8 Å². The minimum Gasteiger partial charge on any atom is -0.368 e. The molecule has 2 atom stereocenters. The van der Waals surface area contributed by atoms with Crippen molar-refractivity contribution in [2.24, 2.45) is 11.7 Å². The molecule has 1 aliphatic heterocycles. The number of nitrogens with two attached hydrogens (primary N) is 1. The maximum absolute atomic E-state index is 13.1. The molecular weight excluding hydrogens is 364 g/mol. The van der Waals surface area contributed by atoms with Gasteiger partial charge >= 0.3 is 6.18 Å². The number of nitrogens with zero attached hydrogens (tertiary/aromatic N) is 3. The zero-order valence-corrected chi connectivity index (χ0v) is 14.7. The van der Waals surface area contributed by atoms with Gasteiger partial charge in [-0.3, -0.25) is 9.69 Å². The van der Waals surface area contributed by atoms with Crippen LogP contribution in [0.25, 0.3) is 0 Å². The number of carbonyl (C=O) groups is 1. The number of hydrogen-bond acceptors (Lipinski definition) is 3. The van der Waals surface area contributed by atoms with E-state index in [1.807, 2.05) is 0 Å². The fraction of sp³-hybridized carbons (Fsp3) is 0.444. The molecule has 0 spiro atoms. The number of likely N-dealkylation sites (N-methyl/N-ethyl adjacent to an activating group) is 1. The van der Waals surface area contributed by atoms with Gasteiger partial charge < -0.3 is 10.3 Å². The molecule has 3 rings (SSSR count). The van der Waals surface area contributed by atoms with Crippen LogP contribution in [0.2, 0.25) is 0 Å². The number of hydrogen-bond donors (Lipinski definition) is 1. The summed E-state index contributed by atoms with van der Waals surface area (Å²) in [5.41, 5.74) is 5.22. The summed E-state index contributed by atoms with van der Waals surface area (Å²) in [4.78, 5) is 17.4. The van der Waals surface area contributed by atoms with Crippen molar-refractivity contribution in [1.29, 1.82) is 0 Å². The molecule has 1 aromatic carbocycles. The molecule has 2 aromatic rings. The highest BCUT2D eigenvalue weighted by atomic mass is 19.4. The maximum Gasteiger partial charge on any atom is 0.434 e. The molecule has 0 saturated heterocycles. The van der Waals surface area contributed by atoms with Crippen LogP contribution < -0.4 is 5.73 Å². The fourth-order valence-electron chi connectivity index (χ4n) is 3.59. The minimum absolute atomic E-state index is 0.0417. The maximum atomic E-state index is 13.1. The number of imidazole rings is 1. The molecule has 9 heteroatoms. The normalized spacial score (nSPS) is 18.4. The Morgan fingerprint density at radius 2 is 2.04 bits per heavy atom. The average molecular weight is 384 g/mol. The summed E-state index contributed by atoms with van der Waals surface area (Å²) in [6.45, 7) is 0.849. The van der Waals surface area contributed by atoms with Gasteiger partial charge in [-0.15, -0.1) is 0 Å². The first-order valence-corrected chi connectivity index (χ1v) is 8.53. The van der Waals surface area contributed by atoms with Gasteiger partial charge in [-0.05, 0) is 37.1 Å². The average Bonchev–Trinajstić information content (AvgIpc) is 3.00. The highest BCUT2D eigenvalue weighted by molar-refractivity contribution is 5.81. The Kier molecular flexibility index (Phi) is 5.23. The minimum atomic E-state index is -4.46. The lowest BCUT2D eigenvalue weighted by Gasteiger charge is -2.32. The number of rotatable bonds is 5. The number of benzene rings is 1. The van der Waals surface area contributed by atoms with Crippen LogP contribution in [-0.2, 0) is 23.9 Å². The van der Waals surface area contributed by atoms with E-state index in [0.29, 0.717) is 37.3 Å². The first-order chi connectivity index (χ1) is 12.6. The topological polar surface area (TPSA) is 64.2 Å². The van der Waals surface area contributed by atoms with Gasteiger partial charge in [0.25, 0.3) is 0 Å². The number of aromatic nitrogens is 2. The first kappa shape index (κ1) is 19.3. The second-order valence-electron chi connectivity index (χ2n) is 6.89. The summed E-state index contributed by atoms with van der Waals surface area (Å²) in [7, 11) is 1.73. The van der Waals surface area contributed by atoms with Crippen LogP contribution in [0.5, 0.6) is 0 Å². The van der Waals surface area contributed by atoms with Crippen molar-refractivity contribution in [3.8, 4) is 0 Å². The molecule has 0 saturated carbocycles. The molecule has 1 aromatic heterocycles. The molecule has 1 amide bonds. The third kappa shape index (κ3) is 4.29. The van der Waals surface area contributed by atoms with Crippen molar-refractivity contribution in [3.63, 3.8) is 0 Å². The molecule has 0 bridgehead atoms. The van der Waals surface area contributed by atoms with Crippen molar-refractivity contribution in [3.05, 3.63) is 53.4 Å². The molecule has 2 N–H and O–H groups in total. The standard InChI is InChI=1S/C18H20F4N4O/c1-25(16(17(23)27)12-3-5-13(19)6-4-12)8-11-2-7-15-24-14(18(20,21)22)10-26(15)9-11/h3-6,10-11,16H,2,7-9H2,1H3,(H2,23,27)/t11-,16+/m1/s1. The van der Waals surface area contributed by atoms with Crippen LogP contribution in [0.3, 0.4) is 0 Å². The monoisotopic (exact) mass is 384 g/mol. The largest absolute Gasteiger partial charge is 0.434 e. The van der Waals surface area contributed by atoms with Crippen LogP contribution in [-0.4, -0.2) is 34.0 Å². The van der Waals surface area contributed by atoms with Crippen molar-refractivity contribution < 1.29 is 22.4 Å². The van der Waals surface area contributed by atoms with E-state index >= 15 is 0 Å². The molecule has 27 heavy (non-hydrogen) atoms. The molecular formula is C18H20F4N4O. The van der Waals surface area contributed by atoms with Gasteiger partial charge in [-0.2, -0.15) is 13.2 Å². The quantitative estimate of drug-likeness (QED) is 0.807. The van der Waals surface area contributed by atoms with Gasteiger partial charge in [0.2, 0.25) is 5.91 Å². The van der Waals surface area contributed by atoms with Crippen molar-refractivity contribution in [1.82, 2.24) is 14.5 Å². The predicted molar refractivity (Wildman–Crippen MR) is 90.0 cm³/mol. The predicted octanol–water partition coefficient (Wildman–Crippen LogP) is 2.76. The Bertz CT molecular complexity index is 816. The number of halogens is 4. The second-order valence-corrected chi connectivity index (χ2v) is 6.89. The summed E-state index contributed by atoms with van der Waals surface area (Å²) < 4.78 is 53.2. The molecule has 5 nitrogen and oxygen atoms in total. The van der Waals surface area contributed by atoms with Gasteiger partial charge in [0, 0.05) is 25.7 Å². The first-order valence-electron chi connectivity index (χ1n) is 8.53. The van der Waals surface area contributed by atoms with Crippen molar-refractivity contribution >= 4 is 5.91 Å². The summed E-state index contributed by atoms with van der Waals surface area (Å²) in [6.07, 6.45) is -2.33. The Balaban J connectivity index is 1.71. The molecule has 0 fully saturated rings. The van der Waals surface area contributed by atoms with Crippen molar-refractivity contribution in [2.75, 3.05) is 13.6 Å².